The average Bonchev–Trinajstić information content (AvgIpc) is 3.09. The first-order valence-corrected chi connectivity index (χ1v) is 8.04. The molecule has 2 aliphatic rings. The molecule has 120 valence electrons. The maximum absolute atomic E-state index is 14.1. The first kappa shape index (κ1) is 14.7. The molecule has 4 rings (SSSR count). The molecular weight excluding hydrogens is 305 g/mol. The third kappa shape index (κ3) is 2.23. The van der Waals surface area contributed by atoms with Crippen molar-refractivity contribution < 1.29 is 9.18 Å². The second kappa shape index (κ2) is 5.64. The standard InChI is InChI=1S/C19H16FN3O/c20-15-5-2-1-4-14(15)12-23-18-10-13(11-21)7-8-16(18)22-9-3-6-17(22)19(23)24/h1-2,4-5,7-8,10,17H,3,6,9,12H2/t17-/m1/s1. The van der Waals surface area contributed by atoms with E-state index >= 15 is 0 Å². The van der Waals surface area contributed by atoms with Crippen molar-refractivity contribution in [3.8, 4) is 6.07 Å². The lowest BCUT2D eigenvalue weighted by molar-refractivity contribution is -0.120. The lowest BCUT2D eigenvalue weighted by Crippen LogP contribution is -2.50. The summed E-state index contributed by atoms with van der Waals surface area (Å²) in [6.07, 6.45) is 1.77. The quantitative estimate of drug-likeness (QED) is 0.853. The number of carbonyl (C=O) groups excluding carboxylic acids is 1. The molecule has 0 unspecified atom stereocenters. The Balaban J connectivity index is 1.81. The van der Waals surface area contributed by atoms with Crippen LogP contribution in [0.5, 0.6) is 0 Å². The first-order valence-electron chi connectivity index (χ1n) is 8.04. The van der Waals surface area contributed by atoms with E-state index in [9.17, 15) is 14.4 Å². The zero-order chi connectivity index (χ0) is 16.7. The molecule has 1 fully saturated rings. The maximum atomic E-state index is 14.1. The van der Waals surface area contributed by atoms with Gasteiger partial charge in [-0.1, -0.05) is 18.2 Å². The molecule has 0 aromatic heterocycles. The summed E-state index contributed by atoms with van der Waals surface area (Å²) in [5.74, 6) is -0.338. The van der Waals surface area contributed by atoms with Gasteiger partial charge in [0.25, 0.3) is 0 Å². The van der Waals surface area contributed by atoms with Crippen LogP contribution in [-0.4, -0.2) is 18.5 Å². The molecule has 2 aromatic rings. The van der Waals surface area contributed by atoms with E-state index in [0.29, 0.717) is 16.8 Å². The molecule has 2 aliphatic heterocycles. The summed E-state index contributed by atoms with van der Waals surface area (Å²) in [5.41, 5.74) is 2.62. The molecule has 2 aromatic carbocycles. The highest BCUT2D eigenvalue weighted by Crippen LogP contribution is 2.41. The molecule has 1 amide bonds. The van der Waals surface area contributed by atoms with E-state index in [0.717, 1.165) is 25.1 Å². The van der Waals surface area contributed by atoms with Crippen molar-refractivity contribution in [1.82, 2.24) is 0 Å². The van der Waals surface area contributed by atoms with Gasteiger partial charge in [0.2, 0.25) is 5.91 Å². The van der Waals surface area contributed by atoms with Crippen molar-refractivity contribution in [2.45, 2.75) is 25.4 Å². The molecule has 0 N–H and O–H groups in total. The van der Waals surface area contributed by atoms with E-state index in [-0.39, 0.29) is 24.3 Å². The third-order valence-corrected chi connectivity index (χ3v) is 4.79. The van der Waals surface area contributed by atoms with Crippen LogP contribution in [0.4, 0.5) is 15.8 Å². The van der Waals surface area contributed by atoms with E-state index in [1.165, 1.54) is 6.07 Å². The molecule has 0 spiro atoms. The lowest BCUT2D eigenvalue weighted by atomic mass is 10.0. The van der Waals surface area contributed by atoms with Crippen molar-refractivity contribution in [3.63, 3.8) is 0 Å². The molecule has 24 heavy (non-hydrogen) atoms. The fourth-order valence-corrected chi connectivity index (χ4v) is 3.62. The van der Waals surface area contributed by atoms with Gasteiger partial charge in [-0.15, -0.1) is 0 Å². The number of anilines is 2. The van der Waals surface area contributed by atoms with Gasteiger partial charge in [0.05, 0.1) is 29.6 Å². The molecule has 0 radical (unpaired) electrons. The number of halogens is 1. The van der Waals surface area contributed by atoms with Gasteiger partial charge in [-0.3, -0.25) is 4.79 Å². The number of fused-ring (bicyclic) bond motifs is 3. The van der Waals surface area contributed by atoms with Crippen LogP contribution in [0.1, 0.15) is 24.0 Å². The van der Waals surface area contributed by atoms with Crippen molar-refractivity contribution in [1.29, 1.82) is 5.26 Å². The van der Waals surface area contributed by atoms with Gasteiger partial charge in [0.15, 0.2) is 0 Å². The first-order chi connectivity index (χ1) is 11.7. The second-order valence-corrected chi connectivity index (χ2v) is 6.18. The number of amides is 1. The Morgan fingerprint density at radius 2 is 2.04 bits per heavy atom. The van der Waals surface area contributed by atoms with E-state index in [4.69, 9.17) is 0 Å². The Bertz CT molecular complexity index is 858. The minimum absolute atomic E-state index is 0.0154. The molecule has 5 heteroatoms. The van der Waals surface area contributed by atoms with Crippen LogP contribution in [0.25, 0.3) is 0 Å². The Labute approximate surface area is 139 Å². The normalized spacial score (nSPS) is 19.0. The number of hydrogen-bond acceptors (Lipinski definition) is 3. The van der Waals surface area contributed by atoms with Gasteiger partial charge in [0, 0.05) is 12.1 Å². The molecule has 0 aliphatic carbocycles. The van der Waals surface area contributed by atoms with Crippen molar-refractivity contribution >= 4 is 17.3 Å². The predicted octanol–water partition coefficient (Wildman–Crippen LogP) is 3.21. The number of benzene rings is 2. The molecular formula is C19H16FN3O. The van der Waals surface area contributed by atoms with E-state index in [2.05, 4.69) is 11.0 Å². The summed E-state index contributed by atoms with van der Waals surface area (Å²) < 4.78 is 14.1. The van der Waals surface area contributed by atoms with Gasteiger partial charge < -0.3 is 9.80 Å². The molecule has 1 saturated heterocycles. The Hall–Kier alpha value is -2.87. The zero-order valence-electron chi connectivity index (χ0n) is 13.1. The summed E-state index contributed by atoms with van der Waals surface area (Å²) >= 11 is 0. The Morgan fingerprint density at radius 1 is 1.21 bits per heavy atom. The van der Waals surface area contributed by atoms with Crippen LogP contribution < -0.4 is 9.80 Å². The number of nitriles is 1. The van der Waals surface area contributed by atoms with Crippen molar-refractivity contribution in [3.05, 3.63) is 59.4 Å². The minimum atomic E-state index is -0.322. The van der Waals surface area contributed by atoms with Crippen LogP contribution in [0.3, 0.4) is 0 Å². The highest BCUT2D eigenvalue weighted by molar-refractivity contribution is 6.06. The summed E-state index contributed by atoms with van der Waals surface area (Å²) in [6.45, 7) is 1.01. The molecule has 1 atom stereocenters. The fraction of sp³-hybridized carbons (Fsp3) is 0.263. The highest BCUT2D eigenvalue weighted by Gasteiger charge is 2.40. The maximum Gasteiger partial charge on any atom is 0.250 e. The van der Waals surface area contributed by atoms with Gasteiger partial charge in [-0.2, -0.15) is 5.26 Å². The zero-order valence-corrected chi connectivity index (χ0v) is 13.1. The Kier molecular flexibility index (Phi) is 3.46. The van der Waals surface area contributed by atoms with Gasteiger partial charge in [-0.25, -0.2) is 4.39 Å². The second-order valence-electron chi connectivity index (χ2n) is 6.18. The van der Waals surface area contributed by atoms with E-state index in [1.54, 1.807) is 35.2 Å². The van der Waals surface area contributed by atoms with Crippen LogP contribution in [-0.2, 0) is 11.3 Å². The summed E-state index contributed by atoms with van der Waals surface area (Å²) in [6, 6.07) is 13.8. The smallest absolute Gasteiger partial charge is 0.250 e. The van der Waals surface area contributed by atoms with Crippen molar-refractivity contribution in [2.24, 2.45) is 0 Å². The molecule has 2 heterocycles. The number of carbonyl (C=O) groups is 1. The van der Waals surface area contributed by atoms with Crippen LogP contribution in [0.2, 0.25) is 0 Å². The third-order valence-electron chi connectivity index (χ3n) is 4.79. The lowest BCUT2D eigenvalue weighted by Gasteiger charge is -2.39. The van der Waals surface area contributed by atoms with Crippen LogP contribution in [0.15, 0.2) is 42.5 Å². The van der Waals surface area contributed by atoms with Crippen molar-refractivity contribution in [2.75, 3.05) is 16.3 Å². The summed E-state index contributed by atoms with van der Waals surface area (Å²) in [7, 11) is 0. The average molecular weight is 321 g/mol. The SMILES string of the molecule is N#Cc1ccc2c(c1)N(Cc1ccccc1F)C(=O)[C@H]1CCCN21. The molecule has 0 bridgehead atoms. The topological polar surface area (TPSA) is 47.3 Å². The van der Waals surface area contributed by atoms with Gasteiger partial charge in [-0.05, 0) is 37.1 Å². The van der Waals surface area contributed by atoms with Gasteiger partial charge in [0.1, 0.15) is 11.9 Å². The molecule has 0 saturated carbocycles. The van der Waals surface area contributed by atoms with Crippen LogP contribution in [0, 0.1) is 17.1 Å². The highest BCUT2D eigenvalue weighted by atomic mass is 19.1. The number of hydrogen-bond donors (Lipinski definition) is 0. The van der Waals surface area contributed by atoms with E-state index in [1.807, 2.05) is 6.07 Å². The molecule has 4 nitrogen and oxygen atoms in total. The monoisotopic (exact) mass is 321 g/mol. The summed E-state index contributed by atoms with van der Waals surface area (Å²) in [4.78, 5) is 16.7. The van der Waals surface area contributed by atoms with Gasteiger partial charge >= 0.3 is 0 Å². The number of nitrogens with zero attached hydrogens (tertiary/aromatic N) is 3. The van der Waals surface area contributed by atoms with E-state index < -0.39 is 0 Å². The Morgan fingerprint density at radius 3 is 2.83 bits per heavy atom. The largest absolute Gasteiger partial charge is 0.358 e. The summed E-state index contributed by atoms with van der Waals surface area (Å²) in [5, 5.41) is 9.19. The fourth-order valence-electron chi connectivity index (χ4n) is 3.62. The number of rotatable bonds is 2. The predicted molar refractivity (Wildman–Crippen MR) is 89.1 cm³/mol. The minimum Gasteiger partial charge on any atom is -0.358 e. The van der Waals surface area contributed by atoms with Crippen LogP contribution >= 0.6 is 0 Å².